The van der Waals surface area contributed by atoms with E-state index in [0.717, 1.165) is 6.08 Å². The number of nitrogens with zero attached hydrogens (tertiary/aromatic N) is 1. The van der Waals surface area contributed by atoms with Crippen LogP contribution in [0.1, 0.15) is 11.3 Å². The second-order valence-corrected chi connectivity index (χ2v) is 2.95. The summed E-state index contributed by atoms with van der Waals surface area (Å²) >= 11 is 0. The molecule has 1 aromatic heterocycles. The first-order chi connectivity index (χ1) is 7.01. The second-order valence-electron chi connectivity index (χ2n) is 2.95. The molecule has 0 amide bonds. The van der Waals surface area contributed by atoms with Gasteiger partial charge < -0.3 is 12.9 Å². The number of pyridine rings is 1. The Balaban J connectivity index is 2.83. The molecule has 0 radical (unpaired) electrons. The Labute approximate surface area is 86.1 Å². The number of terminal acetylenes is 1. The predicted octanol–water partition coefficient (Wildman–Crippen LogP) is 2.66. The van der Waals surface area contributed by atoms with E-state index >= 15 is 0 Å². The number of rotatable bonds is 3. The minimum Gasteiger partial charge on any atom is -0.445 e. The van der Waals surface area contributed by atoms with Gasteiger partial charge >= 0.3 is 6.98 Å². The Morgan fingerprint density at radius 2 is 2.20 bits per heavy atom. The third-order valence-corrected chi connectivity index (χ3v) is 1.63. The summed E-state index contributed by atoms with van der Waals surface area (Å²) in [6, 6.07) is 3.04. The highest BCUT2D eigenvalue weighted by atomic mass is 19.4. The van der Waals surface area contributed by atoms with Gasteiger partial charge in [0.05, 0.1) is 12.1 Å². The molecular formula is C10H8BF3N-. The summed E-state index contributed by atoms with van der Waals surface area (Å²) in [7, 11) is 0. The van der Waals surface area contributed by atoms with Gasteiger partial charge in [-0.25, -0.2) is 0 Å². The molecule has 78 valence electrons. The van der Waals surface area contributed by atoms with Crippen LogP contribution in [0.2, 0.25) is 0 Å². The fourth-order valence-corrected chi connectivity index (χ4v) is 1.02. The predicted molar refractivity (Wildman–Crippen MR) is 54.9 cm³/mol. The normalized spacial score (nSPS) is 11.6. The van der Waals surface area contributed by atoms with Crippen LogP contribution in [0.3, 0.4) is 0 Å². The lowest BCUT2D eigenvalue weighted by molar-refractivity contribution is 0.499. The summed E-state index contributed by atoms with van der Waals surface area (Å²) in [4.78, 5) is 3.92. The number of halogens is 3. The molecule has 5 heteroatoms. The Hall–Kier alpha value is -1.70. The molecule has 1 rings (SSSR count). The van der Waals surface area contributed by atoms with Gasteiger partial charge in [-0.1, -0.05) is 6.08 Å². The number of hydrogen-bond donors (Lipinski definition) is 0. The molecule has 0 atom stereocenters. The molecule has 1 nitrogen and oxygen atoms in total. The molecule has 0 fully saturated rings. The summed E-state index contributed by atoms with van der Waals surface area (Å²) in [5.41, 5.74) is 1.05. The van der Waals surface area contributed by atoms with Crippen LogP contribution in [0.15, 0.2) is 24.3 Å². The smallest absolute Gasteiger partial charge is 0.445 e. The van der Waals surface area contributed by atoms with Crippen LogP contribution in [0.25, 0.3) is 6.08 Å². The molecule has 0 aromatic carbocycles. The molecule has 0 saturated heterocycles. The number of aromatic nitrogens is 1. The fourth-order valence-electron chi connectivity index (χ4n) is 1.02. The Bertz CT molecular complexity index is 404. The van der Waals surface area contributed by atoms with Gasteiger partial charge in [0.1, 0.15) is 0 Å². The molecule has 0 aliphatic carbocycles. The zero-order valence-electron chi connectivity index (χ0n) is 7.83. The van der Waals surface area contributed by atoms with Crippen molar-refractivity contribution in [1.29, 1.82) is 0 Å². The molecule has 0 aliphatic rings. The zero-order chi connectivity index (χ0) is 11.3. The van der Waals surface area contributed by atoms with Crippen molar-refractivity contribution in [3.63, 3.8) is 0 Å². The summed E-state index contributed by atoms with van der Waals surface area (Å²) in [5.74, 6) is 2.62. The van der Waals surface area contributed by atoms with Gasteiger partial charge in [0.2, 0.25) is 0 Å². The van der Waals surface area contributed by atoms with Gasteiger partial charge in [0, 0.05) is 6.20 Å². The van der Waals surface area contributed by atoms with Crippen LogP contribution in [0, 0.1) is 12.3 Å². The van der Waals surface area contributed by atoms with Gasteiger partial charge in [-0.05, 0) is 17.7 Å². The molecule has 0 N–H and O–H groups in total. The highest BCUT2D eigenvalue weighted by Crippen LogP contribution is 2.13. The van der Waals surface area contributed by atoms with Crippen molar-refractivity contribution < 1.29 is 12.9 Å². The summed E-state index contributed by atoms with van der Waals surface area (Å²) in [6.07, 6.45) is 7.84. The fraction of sp³-hybridized carbons (Fsp3) is 0.100. The lowest BCUT2D eigenvalue weighted by Gasteiger charge is -2.06. The molecule has 0 aliphatic heterocycles. The van der Waals surface area contributed by atoms with Crippen molar-refractivity contribution in [2.75, 3.05) is 0 Å². The highest BCUT2D eigenvalue weighted by Gasteiger charge is 2.16. The quantitative estimate of drug-likeness (QED) is 0.551. The molecular weight excluding hydrogens is 202 g/mol. The molecule has 15 heavy (non-hydrogen) atoms. The molecule has 0 spiro atoms. The summed E-state index contributed by atoms with van der Waals surface area (Å²) in [6.45, 7) is -4.89. The minimum atomic E-state index is -4.89. The van der Waals surface area contributed by atoms with Crippen molar-refractivity contribution in [2.45, 2.75) is 6.42 Å². The van der Waals surface area contributed by atoms with Crippen molar-refractivity contribution in [3.05, 3.63) is 35.6 Å². The van der Waals surface area contributed by atoms with E-state index in [4.69, 9.17) is 6.42 Å². The largest absolute Gasteiger partial charge is 0.502 e. The van der Waals surface area contributed by atoms with Crippen LogP contribution < -0.4 is 0 Å². The van der Waals surface area contributed by atoms with Gasteiger partial charge in [0.25, 0.3) is 0 Å². The highest BCUT2D eigenvalue weighted by molar-refractivity contribution is 6.64. The van der Waals surface area contributed by atoms with E-state index in [0.29, 0.717) is 17.7 Å². The van der Waals surface area contributed by atoms with Gasteiger partial charge in [-0.2, -0.15) is 0 Å². The van der Waals surface area contributed by atoms with E-state index in [1.54, 1.807) is 0 Å². The van der Waals surface area contributed by atoms with E-state index in [-0.39, 0.29) is 5.98 Å². The maximum Gasteiger partial charge on any atom is 0.502 e. The lowest BCUT2D eigenvalue weighted by atomic mass is 9.91. The SMILES string of the molecule is C#CCc1cc(/C=C/[B-](F)(F)F)ccn1. The van der Waals surface area contributed by atoms with E-state index in [1.165, 1.54) is 18.3 Å². The molecule has 0 unspecified atom stereocenters. The second kappa shape index (κ2) is 4.69. The summed E-state index contributed by atoms with van der Waals surface area (Å²) < 4.78 is 35.8. The first kappa shape index (κ1) is 11.4. The minimum absolute atomic E-state index is 0.245. The van der Waals surface area contributed by atoms with Crippen molar-refractivity contribution in [1.82, 2.24) is 4.98 Å². The van der Waals surface area contributed by atoms with Crippen LogP contribution in [0.4, 0.5) is 12.9 Å². The van der Waals surface area contributed by atoms with Crippen molar-refractivity contribution in [3.8, 4) is 12.3 Å². The average Bonchev–Trinajstić information content (AvgIpc) is 2.15. The first-order valence-electron chi connectivity index (χ1n) is 4.29. The Kier molecular flexibility index (Phi) is 3.56. The third-order valence-electron chi connectivity index (χ3n) is 1.63. The van der Waals surface area contributed by atoms with E-state index in [9.17, 15) is 12.9 Å². The zero-order valence-corrected chi connectivity index (χ0v) is 7.83. The van der Waals surface area contributed by atoms with E-state index in [1.807, 2.05) is 0 Å². The Morgan fingerprint density at radius 3 is 2.80 bits per heavy atom. The lowest BCUT2D eigenvalue weighted by Crippen LogP contribution is -2.09. The maximum atomic E-state index is 11.9. The van der Waals surface area contributed by atoms with E-state index in [2.05, 4.69) is 10.9 Å². The van der Waals surface area contributed by atoms with Gasteiger partial charge in [-0.15, -0.1) is 18.3 Å². The van der Waals surface area contributed by atoms with Crippen LogP contribution in [0.5, 0.6) is 0 Å². The average molecular weight is 210 g/mol. The standard InChI is InChI=1S/C10H8BF3N/c1-2-3-10-8-9(5-7-15-10)4-6-11(12,13)14/h1,4-8H,3H2/q-1/b6-4+. The molecule has 1 heterocycles. The van der Waals surface area contributed by atoms with Crippen molar-refractivity contribution >= 4 is 13.1 Å². The molecule has 1 aromatic rings. The number of hydrogen-bond acceptors (Lipinski definition) is 1. The van der Waals surface area contributed by atoms with Crippen LogP contribution in [-0.2, 0) is 6.42 Å². The monoisotopic (exact) mass is 210 g/mol. The van der Waals surface area contributed by atoms with Crippen LogP contribution in [-0.4, -0.2) is 12.0 Å². The molecule has 0 bridgehead atoms. The topological polar surface area (TPSA) is 12.9 Å². The van der Waals surface area contributed by atoms with Gasteiger partial charge in [-0.3, -0.25) is 4.98 Å². The Morgan fingerprint density at radius 1 is 1.47 bits per heavy atom. The first-order valence-corrected chi connectivity index (χ1v) is 4.29. The summed E-state index contributed by atoms with van der Waals surface area (Å²) in [5, 5.41) is 0. The molecule has 0 saturated carbocycles. The van der Waals surface area contributed by atoms with Crippen LogP contribution >= 0.6 is 0 Å². The van der Waals surface area contributed by atoms with Gasteiger partial charge in [0.15, 0.2) is 0 Å². The van der Waals surface area contributed by atoms with E-state index < -0.39 is 6.98 Å². The van der Waals surface area contributed by atoms with Crippen molar-refractivity contribution in [2.24, 2.45) is 0 Å². The maximum absolute atomic E-state index is 11.9. The third kappa shape index (κ3) is 4.36.